The topological polar surface area (TPSA) is 102 Å². The summed E-state index contributed by atoms with van der Waals surface area (Å²) < 4.78 is 31.9. The van der Waals surface area contributed by atoms with Gasteiger partial charge in [0.25, 0.3) is 16.0 Å². The smallest absolute Gasteiger partial charge is 0.329 e. The second kappa shape index (κ2) is 11.9. The van der Waals surface area contributed by atoms with Gasteiger partial charge < -0.3 is 10.1 Å². The quantitative estimate of drug-likeness (QED) is 0.279. The largest absolute Gasteiger partial charge is 0.381 e. The van der Waals surface area contributed by atoms with Crippen LogP contribution in [-0.2, 0) is 30.3 Å². The molecule has 1 aromatic carbocycles. The summed E-state index contributed by atoms with van der Waals surface area (Å²) in [7, 11) is -3.33. The van der Waals surface area contributed by atoms with E-state index in [-0.39, 0.29) is 25.1 Å². The molecule has 2 rings (SSSR count). The number of unbranched alkanes of at least 4 members (excludes halogenated alkanes) is 4. The van der Waals surface area contributed by atoms with Crippen LogP contribution in [0.3, 0.4) is 0 Å². The van der Waals surface area contributed by atoms with Gasteiger partial charge in [0.2, 0.25) is 0 Å². The number of hydrogen-bond acceptors (Lipinski definition) is 6. The van der Waals surface area contributed by atoms with Crippen molar-refractivity contribution in [2.75, 3.05) is 37.5 Å². The third-order valence-corrected chi connectivity index (χ3v) is 5.09. The molecule has 162 valence electrons. The van der Waals surface area contributed by atoms with E-state index in [1.807, 2.05) is 18.2 Å². The summed E-state index contributed by atoms with van der Waals surface area (Å²) in [5, 5.41) is 2.52. The monoisotopic (exact) mass is 426 g/mol. The molecule has 9 heteroatoms. The van der Waals surface area contributed by atoms with E-state index < -0.39 is 10.1 Å². The van der Waals surface area contributed by atoms with Crippen LogP contribution in [0.4, 0.5) is 10.5 Å². The number of benzene rings is 1. The molecule has 1 saturated heterocycles. The Bertz CT molecular complexity index is 765. The van der Waals surface area contributed by atoms with Crippen molar-refractivity contribution in [1.29, 1.82) is 0 Å². The van der Waals surface area contributed by atoms with Gasteiger partial charge in [-0.3, -0.25) is 8.98 Å². The van der Waals surface area contributed by atoms with E-state index in [0.29, 0.717) is 18.9 Å². The first-order valence-corrected chi connectivity index (χ1v) is 11.8. The Morgan fingerprint density at radius 2 is 1.69 bits per heavy atom. The molecule has 0 bridgehead atoms. The van der Waals surface area contributed by atoms with Gasteiger partial charge in [-0.1, -0.05) is 25.0 Å². The fourth-order valence-corrected chi connectivity index (χ4v) is 3.46. The van der Waals surface area contributed by atoms with Crippen LogP contribution in [0.2, 0.25) is 0 Å². The minimum absolute atomic E-state index is 0.0504. The molecular formula is C20H30N2O6S. The predicted octanol–water partition coefficient (Wildman–Crippen LogP) is 2.62. The number of imide groups is 1. The molecule has 0 aliphatic carbocycles. The van der Waals surface area contributed by atoms with E-state index in [1.54, 1.807) is 6.07 Å². The molecule has 1 fully saturated rings. The van der Waals surface area contributed by atoms with Crippen molar-refractivity contribution in [3.05, 3.63) is 29.8 Å². The van der Waals surface area contributed by atoms with Crippen LogP contribution in [0.15, 0.2) is 24.3 Å². The molecule has 1 aliphatic rings. The lowest BCUT2D eigenvalue weighted by Gasteiger charge is -2.13. The van der Waals surface area contributed by atoms with Crippen molar-refractivity contribution >= 4 is 27.7 Å². The van der Waals surface area contributed by atoms with Gasteiger partial charge >= 0.3 is 6.03 Å². The van der Waals surface area contributed by atoms with Gasteiger partial charge in [-0.15, -0.1) is 0 Å². The maximum atomic E-state index is 11.8. The SMILES string of the molecule is CS(=O)(=O)OCCCCCCOCCCCc1cccc(N2C(=O)CNC2=O)c1. The minimum Gasteiger partial charge on any atom is -0.381 e. The lowest BCUT2D eigenvalue weighted by atomic mass is 10.1. The molecular weight excluding hydrogens is 396 g/mol. The second-order valence-electron chi connectivity index (χ2n) is 7.07. The number of carbonyl (C=O) groups excluding carboxylic acids is 2. The van der Waals surface area contributed by atoms with Gasteiger partial charge in [-0.2, -0.15) is 8.42 Å². The highest BCUT2D eigenvalue weighted by Crippen LogP contribution is 2.20. The molecule has 1 heterocycles. The number of nitrogens with zero attached hydrogens (tertiary/aromatic N) is 1. The highest BCUT2D eigenvalue weighted by molar-refractivity contribution is 7.85. The predicted molar refractivity (Wildman–Crippen MR) is 110 cm³/mol. The molecule has 1 N–H and O–H groups in total. The average Bonchev–Trinajstić information content (AvgIpc) is 3.00. The van der Waals surface area contributed by atoms with Gasteiger partial charge in [0.05, 0.1) is 25.1 Å². The maximum Gasteiger partial charge on any atom is 0.329 e. The zero-order chi connectivity index (χ0) is 21.1. The number of urea groups is 1. The van der Waals surface area contributed by atoms with Crippen molar-refractivity contribution in [1.82, 2.24) is 5.32 Å². The number of nitrogens with one attached hydrogen (secondary N) is 1. The summed E-state index contributed by atoms with van der Waals surface area (Å²) in [6.07, 6.45) is 7.42. The third kappa shape index (κ3) is 8.93. The van der Waals surface area contributed by atoms with Crippen LogP contribution in [0.25, 0.3) is 0 Å². The number of amides is 3. The molecule has 0 aromatic heterocycles. The molecule has 0 unspecified atom stereocenters. The van der Waals surface area contributed by atoms with Crippen molar-refractivity contribution in [2.45, 2.75) is 44.9 Å². The first-order chi connectivity index (χ1) is 13.9. The average molecular weight is 427 g/mol. The highest BCUT2D eigenvalue weighted by atomic mass is 32.2. The summed E-state index contributed by atoms with van der Waals surface area (Å²) in [5.41, 5.74) is 1.70. The number of carbonyl (C=O) groups is 2. The van der Waals surface area contributed by atoms with Crippen LogP contribution in [0, 0.1) is 0 Å². The van der Waals surface area contributed by atoms with Gasteiger partial charge in [-0.05, 0) is 49.8 Å². The summed E-state index contributed by atoms with van der Waals surface area (Å²) in [5.74, 6) is -0.233. The summed E-state index contributed by atoms with van der Waals surface area (Å²) in [6, 6.07) is 7.14. The molecule has 0 saturated carbocycles. The Balaban J connectivity index is 1.51. The lowest BCUT2D eigenvalue weighted by Crippen LogP contribution is -2.30. The number of ether oxygens (including phenoxy) is 1. The van der Waals surface area contributed by atoms with Gasteiger partial charge in [0, 0.05) is 13.2 Å². The fourth-order valence-electron chi connectivity index (χ4n) is 3.04. The van der Waals surface area contributed by atoms with Gasteiger partial charge in [-0.25, -0.2) is 9.69 Å². The Morgan fingerprint density at radius 1 is 1.00 bits per heavy atom. The molecule has 8 nitrogen and oxygen atoms in total. The van der Waals surface area contributed by atoms with Crippen molar-refractivity contribution in [3.63, 3.8) is 0 Å². The zero-order valence-corrected chi connectivity index (χ0v) is 17.7. The second-order valence-corrected chi connectivity index (χ2v) is 8.71. The number of rotatable bonds is 14. The zero-order valence-electron chi connectivity index (χ0n) is 16.9. The van der Waals surface area contributed by atoms with Crippen molar-refractivity contribution in [2.24, 2.45) is 0 Å². The molecule has 1 aromatic rings. The number of hydrogen-bond donors (Lipinski definition) is 1. The van der Waals surface area contributed by atoms with Crippen molar-refractivity contribution in [3.8, 4) is 0 Å². The summed E-state index contributed by atoms with van der Waals surface area (Å²) >= 11 is 0. The van der Waals surface area contributed by atoms with Crippen LogP contribution in [0.1, 0.15) is 44.1 Å². The van der Waals surface area contributed by atoms with Gasteiger partial charge in [0.15, 0.2) is 0 Å². The summed E-state index contributed by atoms with van der Waals surface area (Å²) in [4.78, 5) is 24.7. The molecule has 29 heavy (non-hydrogen) atoms. The number of aryl methyl sites for hydroxylation is 1. The fraction of sp³-hybridized carbons (Fsp3) is 0.600. The van der Waals surface area contributed by atoms with E-state index in [4.69, 9.17) is 4.74 Å². The third-order valence-electron chi connectivity index (χ3n) is 4.50. The Morgan fingerprint density at radius 3 is 2.34 bits per heavy atom. The molecule has 0 radical (unpaired) electrons. The van der Waals surface area contributed by atoms with E-state index in [2.05, 4.69) is 9.50 Å². The molecule has 1 aliphatic heterocycles. The molecule has 0 spiro atoms. The van der Waals surface area contributed by atoms with Crippen LogP contribution in [0.5, 0.6) is 0 Å². The highest BCUT2D eigenvalue weighted by Gasteiger charge is 2.29. The molecule has 0 atom stereocenters. The van der Waals surface area contributed by atoms with E-state index in [1.165, 1.54) is 4.90 Å². The first kappa shape index (κ1) is 23.3. The van der Waals surface area contributed by atoms with Gasteiger partial charge in [0.1, 0.15) is 0 Å². The standard InChI is InChI=1S/C20H30N2O6S/c1-29(25,26)28-14-6-3-2-5-12-27-13-7-4-9-17-10-8-11-18(15-17)22-19(23)16-21-20(22)24/h8,10-11,15H,2-7,9,12-14,16H2,1H3,(H,21,24). The van der Waals surface area contributed by atoms with Crippen LogP contribution >= 0.6 is 0 Å². The van der Waals surface area contributed by atoms with Crippen LogP contribution in [-0.4, -0.2) is 53.0 Å². The first-order valence-electron chi connectivity index (χ1n) is 9.99. The maximum absolute atomic E-state index is 11.8. The summed E-state index contributed by atoms with van der Waals surface area (Å²) in [6.45, 7) is 1.70. The van der Waals surface area contributed by atoms with E-state index in [9.17, 15) is 18.0 Å². The van der Waals surface area contributed by atoms with E-state index in [0.717, 1.165) is 56.8 Å². The van der Waals surface area contributed by atoms with E-state index >= 15 is 0 Å². The van der Waals surface area contributed by atoms with Crippen molar-refractivity contribution < 1.29 is 26.9 Å². The Labute approximate surface area is 172 Å². The minimum atomic E-state index is -3.33. The molecule has 3 amide bonds. The normalized spacial score (nSPS) is 14.4. The number of anilines is 1. The Hall–Kier alpha value is -1.97. The lowest BCUT2D eigenvalue weighted by molar-refractivity contribution is -0.115. The Kier molecular flexibility index (Phi) is 9.56. The van der Waals surface area contributed by atoms with Crippen LogP contribution < -0.4 is 10.2 Å².